The summed E-state index contributed by atoms with van der Waals surface area (Å²) in [6.07, 6.45) is 0. The van der Waals surface area contributed by atoms with Crippen molar-refractivity contribution in [2.45, 2.75) is 19.5 Å². The molecule has 1 heterocycles. The molecule has 3 heteroatoms. The lowest BCUT2D eigenvalue weighted by molar-refractivity contribution is 0.738. The monoisotopic (exact) mass is 260 g/mol. The zero-order valence-corrected chi connectivity index (χ0v) is 12.0. The number of thiophene rings is 1. The standard InChI is InChI=1S/C15H20N2S/c1-12(15-9-6-10-18-15)17(3)14-8-5-4-7-13(14)11-16-2/h4-10,12,16H,11H2,1-3H3. The van der Waals surface area contributed by atoms with Gasteiger partial charge in [0.2, 0.25) is 0 Å². The summed E-state index contributed by atoms with van der Waals surface area (Å²) >= 11 is 1.82. The molecule has 0 aliphatic carbocycles. The van der Waals surface area contributed by atoms with Crippen LogP contribution >= 0.6 is 11.3 Å². The molecule has 0 radical (unpaired) electrons. The van der Waals surface area contributed by atoms with Crippen molar-refractivity contribution in [2.75, 3.05) is 19.0 Å². The van der Waals surface area contributed by atoms with Gasteiger partial charge in [0.15, 0.2) is 0 Å². The van der Waals surface area contributed by atoms with E-state index in [2.05, 4.69) is 66.0 Å². The summed E-state index contributed by atoms with van der Waals surface area (Å²) in [6, 6.07) is 13.3. The molecule has 2 aromatic rings. The Morgan fingerprint density at radius 2 is 2.00 bits per heavy atom. The Morgan fingerprint density at radius 3 is 2.67 bits per heavy atom. The van der Waals surface area contributed by atoms with Crippen LogP contribution in [0.5, 0.6) is 0 Å². The van der Waals surface area contributed by atoms with E-state index < -0.39 is 0 Å². The molecule has 0 saturated carbocycles. The molecule has 0 saturated heterocycles. The van der Waals surface area contributed by atoms with Crippen LogP contribution in [0.25, 0.3) is 0 Å². The number of hydrogen-bond donors (Lipinski definition) is 1. The highest BCUT2D eigenvalue weighted by Crippen LogP contribution is 2.30. The van der Waals surface area contributed by atoms with Gasteiger partial charge >= 0.3 is 0 Å². The highest BCUT2D eigenvalue weighted by Gasteiger charge is 2.15. The molecular weight excluding hydrogens is 240 g/mol. The summed E-state index contributed by atoms with van der Waals surface area (Å²) in [6.45, 7) is 3.15. The van der Waals surface area contributed by atoms with Crippen molar-refractivity contribution >= 4 is 17.0 Å². The van der Waals surface area contributed by atoms with Crippen LogP contribution in [0.15, 0.2) is 41.8 Å². The second-order valence-corrected chi connectivity index (χ2v) is 5.44. The maximum absolute atomic E-state index is 3.23. The molecule has 0 bridgehead atoms. The molecule has 0 fully saturated rings. The third kappa shape index (κ3) is 2.74. The van der Waals surface area contributed by atoms with Gasteiger partial charge in [0, 0.05) is 24.2 Å². The van der Waals surface area contributed by atoms with Crippen LogP contribution in [-0.4, -0.2) is 14.1 Å². The van der Waals surface area contributed by atoms with Crippen LogP contribution in [0.2, 0.25) is 0 Å². The molecule has 1 atom stereocenters. The highest BCUT2D eigenvalue weighted by molar-refractivity contribution is 7.10. The average Bonchev–Trinajstić information content (AvgIpc) is 2.92. The zero-order chi connectivity index (χ0) is 13.0. The summed E-state index contributed by atoms with van der Waals surface area (Å²) in [4.78, 5) is 3.75. The lowest BCUT2D eigenvalue weighted by Gasteiger charge is -2.28. The van der Waals surface area contributed by atoms with E-state index in [1.807, 2.05) is 18.4 Å². The number of nitrogens with zero attached hydrogens (tertiary/aromatic N) is 1. The maximum Gasteiger partial charge on any atom is 0.0603 e. The first kappa shape index (κ1) is 13.1. The number of benzene rings is 1. The van der Waals surface area contributed by atoms with E-state index in [4.69, 9.17) is 0 Å². The minimum atomic E-state index is 0.406. The van der Waals surface area contributed by atoms with Crippen molar-refractivity contribution in [1.29, 1.82) is 0 Å². The molecule has 18 heavy (non-hydrogen) atoms. The Hall–Kier alpha value is -1.32. The van der Waals surface area contributed by atoms with Crippen LogP contribution < -0.4 is 10.2 Å². The highest BCUT2D eigenvalue weighted by atomic mass is 32.1. The maximum atomic E-state index is 3.23. The Bertz CT molecular complexity index is 479. The van der Waals surface area contributed by atoms with E-state index >= 15 is 0 Å². The van der Waals surface area contributed by atoms with Gasteiger partial charge in [-0.1, -0.05) is 24.3 Å². The van der Waals surface area contributed by atoms with Gasteiger partial charge in [0.25, 0.3) is 0 Å². The Balaban J connectivity index is 2.25. The largest absolute Gasteiger partial charge is 0.367 e. The van der Waals surface area contributed by atoms with Crippen LogP contribution in [0.4, 0.5) is 5.69 Å². The number of rotatable bonds is 5. The second-order valence-electron chi connectivity index (χ2n) is 4.46. The molecule has 96 valence electrons. The molecule has 0 aliphatic heterocycles. The second kappa shape index (κ2) is 6.03. The Labute approximate surface area is 113 Å². The fraction of sp³-hybridized carbons (Fsp3) is 0.333. The molecular formula is C15H20N2S. The van der Waals surface area contributed by atoms with Gasteiger partial charge in [0.05, 0.1) is 6.04 Å². The molecule has 2 nitrogen and oxygen atoms in total. The quantitative estimate of drug-likeness (QED) is 0.882. The van der Waals surface area contributed by atoms with Crippen molar-refractivity contribution in [2.24, 2.45) is 0 Å². The van der Waals surface area contributed by atoms with E-state index in [1.165, 1.54) is 16.1 Å². The van der Waals surface area contributed by atoms with E-state index in [0.29, 0.717) is 6.04 Å². The first-order chi connectivity index (χ1) is 8.74. The van der Waals surface area contributed by atoms with Crippen molar-refractivity contribution in [3.63, 3.8) is 0 Å². The van der Waals surface area contributed by atoms with E-state index in [9.17, 15) is 0 Å². The molecule has 1 N–H and O–H groups in total. The van der Waals surface area contributed by atoms with Crippen LogP contribution in [-0.2, 0) is 6.54 Å². The van der Waals surface area contributed by atoms with Crippen molar-refractivity contribution in [3.05, 3.63) is 52.2 Å². The van der Waals surface area contributed by atoms with E-state index in [0.717, 1.165) is 6.54 Å². The fourth-order valence-corrected chi connectivity index (χ4v) is 2.95. The minimum Gasteiger partial charge on any atom is -0.367 e. The predicted octanol–water partition coefficient (Wildman–Crippen LogP) is 3.66. The van der Waals surface area contributed by atoms with Gasteiger partial charge < -0.3 is 10.2 Å². The number of para-hydroxylation sites is 1. The van der Waals surface area contributed by atoms with Crippen molar-refractivity contribution in [3.8, 4) is 0 Å². The lowest BCUT2D eigenvalue weighted by atomic mass is 10.1. The van der Waals surface area contributed by atoms with Crippen molar-refractivity contribution in [1.82, 2.24) is 5.32 Å². The normalized spacial score (nSPS) is 12.4. The van der Waals surface area contributed by atoms with Gasteiger partial charge in [-0.15, -0.1) is 11.3 Å². The fourth-order valence-electron chi connectivity index (χ4n) is 2.12. The van der Waals surface area contributed by atoms with Gasteiger partial charge in [-0.05, 0) is 37.0 Å². The van der Waals surface area contributed by atoms with Crippen LogP contribution in [0, 0.1) is 0 Å². The van der Waals surface area contributed by atoms with E-state index in [1.54, 1.807) is 0 Å². The topological polar surface area (TPSA) is 15.3 Å². The Kier molecular flexibility index (Phi) is 4.39. The first-order valence-corrected chi connectivity index (χ1v) is 7.10. The summed E-state index contributed by atoms with van der Waals surface area (Å²) in [5, 5.41) is 5.37. The summed E-state index contributed by atoms with van der Waals surface area (Å²) in [7, 11) is 4.15. The average molecular weight is 260 g/mol. The summed E-state index contributed by atoms with van der Waals surface area (Å²) in [5.74, 6) is 0. The van der Waals surface area contributed by atoms with Gasteiger partial charge in [0.1, 0.15) is 0 Å². The molecule has 1 aromatic carbocycles. The van der Waals surface area contributed by atoms with Crippen molar-refractivity contribution < 1.29 is 0 Å². The lowest BCUT2D eigenvalue weighted by Crippen LogP contribution is -2.23. The van der Waals surface area contributed by atoms with Gasteiger partial charge in [-0.3, -0.25) is 0 Å². The molecule has 0 spiro atoms. The Morgan fingerprint density at radius 1 is 1.22 bits per heavy atom. The predicted molar refractivity (Wildman–Crippen MR) is 80.3 cm³/mol. The molecule has 1 unspecified atom stereocenters. The SMILES string of the molecule is CNCc1ccccc1N(C)C(C)c1cccs1. The van der Waals surface area contributed by atoms with E-state index in [-0.39, 0.29) is 0 Å². The molecule has 0 amide bonds. The van der Waals surface area contributed by atoms with Gasteiger partial charge in [-0.25, -0.2) is 0 Å². The summed E-state index contributed by atoms with van der Waals surface area (Å²) < 4.78 is 0. The third-order valence-corrected chi connectivity index (χ3v) is 4.32. The zero-order valence-electron chi connectivity index (χ0n) is 11.2. The third-order valence-electron chi connectivity index (χ3n) is 3.27. The van der Waals surface area contributed by atoms with Crippen LogP contribution in [0.1, 0.15) is 23.4 Å². The van der Waals surface area contributed by atoms with Crippen LogP contribution in [0.3, 0.4) is 0 Å². The number of hydrogen-bond acceptors (Lipinski definition) is 3. The first-order valence-electron chi connectivity index (χ1n) is 6.22. The number of anilines is 1. The molecule has 0 aliphatic rings. The minimum absolute atomic E-state index is 0.406. The smallest absolute Gasteiger partial charge is 0.0603 e. The molecule has 2 rings (SSSR count). The van der Waals surface area contributed by atoms with Gasteiger partial charge in [-0.2, -0.15) is 0 Å². The summed E-state index contributed by atoms with van der Waals surface area (Å²) in [5.41, 5.74) is 2.64. The number of nitrogens with one attached hydrogen (secondary N) is 1. The molecule has 1 aromatic heterocycles.